The molecule has 0 aliphatic carbocycles. The first kappa shape index (κ1) is 13.6. The van der Waals surface area contributed by atoms with Gasteiger partial charge in [0.25, 0.3) is 0 Å². The molecule has 5 heteroatoms. The van der Waals surface area contributed by atoms with Crippen LogP contribution < -0.4 is 5.32 Å². The van der Waals surface area contributed by atoms with Crippen LogP contribution in [0.5, 0.6) is 0 Å². The molecule has 2 rings (SSSR count). The van der Waals surface area contributed by atoms with E-state index in [0.29, 0.717) is 0 Å². The Labute approximate surface area is 110 Å². The van der Waals surface area contributed by atoms with Crippen LogP contribution in [-0.4, -0.2) is 11.8 Å². The first-order chi connectivity index (χ1) is 8.90. The normalized spacial score (nSPS) is 23.6. The number of nitrogens with one attached hydrogen (secondary N) is 1. The van der Waals surface area contributed by atoms with Crippen LogP contribution in [0.15, 0.2) is 18.2 Å². The van der Waals surface area contributed by atoms with Crippen molar-refractivity contribution in [3.05, 3.63) is 35.4 Å². The number of hydrogen-bond donors (Lipinski definition) is 1. The Morgan fingerprint density at radius 1 is 1.26 bits per heavy atom. The van der Waals surface area contributed by atoms with Crippen LogP contribution >= 0.6 is 0 Å². The van der Waals surface area contributed by atoms with Crippen molar-refractivity contribution in [2.24, 2.45) is 11.8 Å². The molecule has 0 radical (unpaired) electrons. The molecule has 1 fully saturated rings. The number of halogens is 2. The van der Waals surface area contributed by atoms with Crippen molar-refractivity contribution >= 4 is 11.8 Å². The third kappa shape index (κ3) is 2.64. The molecule has 1 saturated heterocycles. The Bertz CT molecular complexity index is 528. The molecule has 1 aliphatic rings. The van der Waals surface area contributed by atoms with Gasteiger partial charge in [-0.15, -0.1) is 0 Å². The lowest BCUT2D eigenvalue weighted by Gasteiger charge is -2.33. The smallest absolute Gasteiger partial charge is 0.230 e. The van der Waals surface area contributed by atoms with E-state index in [9.17, 15) is 18.4 Å². The fourth-order valence-electron chi connectivity index (χ4n) is 2.65. The average molecular weight is 267 g/mol. The summed E-state index contributed by atoms with van der Waals surface area (Å²) in [6.45, 7) is 3.65. The van der Waals surface area contributed by atoms with Crippen LogP contribution in [0.25, 0.3) is 0 Å². The van der Waals surface area contributed by atoms with Gasteiger partial charge in [-0.1, -0.05) is 13.8 Å². The fourth-order valence-corrected chi connectivity index (χ4v) is 2.65. The number of piperidine rings is 1. The molecule has 19 heavy (non-hydrogen) atoms. The molecule has 1 aliphatic heterocycles. The van der Waals surface area contributed by atoms with E-state index in [-0.39, 0.29) is 17.9 Å². The van der Waals surface area contributed by atoms with Gasteiger partial charge in [0, 0.05) is 18.3 Å². The summed E-state index contributed by atoms with van der Waals surface area (Å²) in [5.41, 5.74) is 0.0990. The van der Waals surface area contributed by atoms with Gasteiger partial charge in [-0.05, 0) is 29.7 Å². The molecular formula is C14H15F2NO2. The summed E-state index contributed by atoms with van der Waals surface area (Å²) >= 11 is 0. The van der Waals surface area contributed by atoms with Gasteiger partial charge >= 0.3 is 0 Å². The summed E-state index contributed by atoms with van der Waals surface area (Å²) in [5, 5.41) is 2.25. The van der Waals surface area contributed by atoms with Gasteiger partial charge in [-0.2, -0.15) is 0 Å². The molecule has 0 saturated carbocycles. The van der Waals surface area contributed by atoms with Crippen LogP contribution in [0.3, 0.4) is 0 Å². The van der Waals surface area contributed by atoms with Crippen molar-refractivity contribution in [2.45, 2.75) is 26.2 Å². The van der Waals surface area contributed by atoms with Crippen LogP contribution in [0.1, 0.15) is 31.7 Å². The van der Waals surface area contributed by atoms with Crippen LogP contribution in [0.4, 0.5) is 8.78 Å². The average Bonchev–Trinajstić information content (AvgIpc) is 2.30. The first-order valence-corrected chi connectivity index (χ1v) is 6.18. The molecule has 102 valence electrons. The lowest BCUT2D eigenvalue weighted by atomic mass is 9.74. The predicted octanol–water partition coefficient (Wildman–Crippen LogP) is 2.37. The van der Waals surface area contributed by atoms with Crippen molar-refractivity contribution in [2.75, 3.05) is 0 Å². The van der Waals surface area contributed by atoms with Crippen molar-refractivity contribution in [3.63, 3.8) is 0 Å². The minimum Gasteiger partial charge on any atom is -0.296 e. The van der Waals surface area contributed by atoms with E-state index in [4.69, 9.17) is 0 Å². The maximum atomic E-state index is 13.8. The molecule has 2 unspecified atom stereocenters. The van der Waals surface area contributed by atoms with Crippen LogP contribution in [-0.2, 0) is 9.59 Å². The Morgan fingerprint density at radius 3 is 2.58 bits per heavy atom. The highest BCUT2D eigenvalue weighted by atomic mass is 19.1. The number of rotatable bonds is 2. The second-order valence-corrected chi connectivity index (χ2v) is 5.16. The van der Waals surface area contributed by atoms with Gasteiger partial charge in [0.2, 0.25) is 11.8 Å². The van der Waals surface area contributed by atoms with Crippen LogP contribution in [0, 0.1) is 23.5 Å². The van der Waals surface area contributed by atoms with E-state index in [1.165, 1.54) is 0 Å². The minimum absolute atomic E-state index is 0.00500. The van der Waals surface area contributed by atoms with E-state index in [0.717, 1.165) is 18.2 Å². The number of imide groups is 1. The second-order valence-electron chi connectivity index (χ2n) is 5.16. The number of carbonyl (C=O) groups is 2. The third-order valence-corrected chi connectivity index (χ3v) is 3.48. The zero-order chi connectivity index (χ0) is 14.2. The van der Waals surface area contributed by atoms with Gasteiger partial charge in [0.1, 0.15) is 11.6 Å². The van der Waals surface area contributed by atoms with E-state index < -0.39 is 35.3 Å². The Hall–Kier alpha value is -1.78. The van der Waals surface area contributed by atoms with Crippen molar-refractivity contribution in [3.8, 4) is 0 Å². The highest BCUT2D eigenvalue weighted by molar-refractivity contribution is 6.00. The molecule has 1 N–H and O–H groups in total. The van der Waals surface area contributed by atoms with E-state index in [1.807, 2.05) is 13.8 Å². The highest BCUT2D eigenvalue weighted by Gasteiger charge is 2.39. The SMILES string of the molecule is CC(C)C1C(=O)NC(=O)CC1c1cc(F)ccc1F. The topological polar surface area (TPSA) is 46.2 Å². The maximum absolute atomic E-state index is 13.8. The summed E-state index contributed by atoms with van der Waals surface area (Å²) in [4.78, 5) is 23.4. The number of carbonyl (C=O) groups excluding carboxylic acids is 2. The molecule has 0 bridgehead atoms. The number of amides is 2. The lowest BCUT2D eigenvalue weighted by Crippen LogP contribution is -2.46. The zero-order valence-corrected chi connectivity index (χ0v) is 10.7. The first-order valence-electron chi connectivity index (χ1n) is 6.18. The zero-order valence-electron chi connectivity index (χ0n) is 10.7. The van der Waals surface area contributed by atoms with Gasteiger partial charge in [-0.3, -0.25) is 14.9 Å². The van der Waals surface area contributed by atoms with E-state index in [1.54, 1.807) is 0 Å². The summed E-state index contributed by atoms with van der Waals surface area (Å²) in [6, 6.07) is 3.12. The summed E-state index contributed by atoms with van der Waals surface area (Å²) in [5.74, 6) is -3.24. The van der Waals surface area contributed by atoms with Gasteiger partial charge in [0.05, 0.1) is 0 Å². The largest absolute Gasteiger partial charge is 0.296 e. The van der Waals surface area contributed by atoms with Crippen LogP contribution in [0.2, 0.25) is 0 Å². The quantitative estimate of drug-likeness (QED) is 0.836. The molecule has 2 atom stereocenters. The molecule has 3 nitrogen and oxygen atoms in total. The Morgan fingerprint density at radius 2 is 1.95 bits per heavy atom. The van der Waals surface area contributed by atoms with Crippen molar-refractivity contribution in [1.29, 1.82) is 0 Å². The monoisotopic (exact) mass is 267 g/mol. The molecule has 0 aromatic heterocycles. The van der Waals surface area contributed by atoms with E-state index in [2.05, 4.69) is 5.32 Å². The molecule has 2 amide bonds. The molecular weight excluding hydrogens is 252 g/mol. The standard InChI is InChI=1S/C14H15F2NO2/c1-7(2)13-10(6-12(18)17-14(13)19)9-5-8(15)3-4-11(9)16/h3-5,7,10,13H,6H2,1-2H3,(H,17,18,19). The number of benzene rings is 1. The Balaban J connectivity index is 2.46. The van der Waals surface area contributed by atoms with E-state index >= 15 is 0 Å². The second kappa shape index (κ2) is 5.07. The number of hydrogen-bond acceptors (Lipinski definition) is 2. The van der Waals surface area contributed by atoms with Gasteiger partial charge < -0.3 is 0 Å². The molecule has 1 aromatic carbocycles. The van der Waals surface area contributed by atoms with Gasteiger partial charge in [0.15, 0.2) is 0 Å². The predicted molar refractivity (Wildman–Crippen MR) is 65.2 cm³/mol. The highest BCUT2D eigenvalue weighted by Crippen LogP contribution is 2.37. The summed E-state index contributed by atoms with van der Waals surface area (Å²) < 4.78 is 27.1. The van der Waals surface area contributed by atoms with Crippen molar-refractivity contribution < 1.29 is 18.4 Å². The summed E-state index contributed by atoms with van der Waals surface area (Å²) in [7, 11) is 0. The Kier molecular flexibility index (Phi) is 3.64. The summed E-state index contributed by atoms with van der Waals surface area (Å²) in [6.07, 6.45) is -0.00500. The van der Waals surface area contributed by atoms with Crippen molar-refractivity contribution in [1.82, 2.24) is 5.32 Å². The fraction of sp³-hybridized carbons (Fsp3) is 0.429. The van der Waals surface area contributed by atoms with Gasteiger partial charge in [-0.25, -0.2) is 8.78 Å². The minimum atomic E-state index is -0.614. The molecule has 1 aromatic rings. The lowest BCUT2D eigenvalue weighted by molar-refractivity contribution is -0.138. The molecule has 0 spiro atoms. The maximum Gasteiger partial charge on any atom is 0.230 e. The third-order valence-electron chi connectivity index (χ3n) is 3.48. The molecule has 1 heterocycles.